The molecule has 1 rings (SSSR count). The zero-order chi connectivity index (χ0) is 8.43. The highest BCUT2D eigenvalue weighted by Gasteiger charge is 2.06. The topological polar surface area (TPSA) is 49.7 Å². The van der Waals surface area contributed by atoms with E-state index in [1.165, 1.54) is 19.2 Å². The Morgan fingerprint density at radius 2 is 1.91 bits per heavy atom. The Bertz CT molecular complexity index is 268. The Morgan fingerprint density at radius 1 is 1.27 bits per heavy atom. The van der Waals surface area contributed by atoms with Gasteiger partial charge in [-0.15, -0.1) is 0 Å². The Kier molecular flexibility index (Phi) is 1.89. The van der Waals surface area contributed by atoms with E-state index in [0.717, 1.165) is 0 Å². The SMILES string of the molecule is COc1ccc(O)c(C)c1O. The zero-order valence-electron chi connectivity index (χ0n) is 6.46. The molecule has 0 aliphatic carbocycles. The Hall–Kier alpha value is -1.38. The highest BCUT2D eigenvalue weighted by molar-refractivity contribution is 5.51. The molecule has 0 heterocycles. The molecule has 11 heavy (non-hydrogen) atoms. The number of ether oxygens (including phenoxy) is 1. The summed E-state index contributed by atoms with van der Waals surface area (Å²) in [6.45, 7) is 1.62. The lowest BCUT2D eigenvalue weighted by Gasteiger charge is -2.06. The predicted octanol–water partition coefficient (Wildman–Crippen LogP) is 1.41. The van der Waals surface area contributed by atoms with Gasteiger partial charge in [-0.3, -0.25) is 0 Å². The van der Waals surface area contributed by atoms with E-state index in [1.807, 2.05) is 0 Å². The number of hydrogen-bond acceptors (Lipinski definition) is 3. The molecule has 1 aromatic rings. The van der Waals surface area contributed by atoms with Crippen LogP contribution in [-0.2, 0) is 0 Å². The fourth-order valence-electron chi connectivity index (χ4n) is 0.829. The van der Waals surface area contributed by atoms with Gasteiger partial charge in [-0.05, 0) is 19.1 Å². The number of aromatic hydroxyl groups is 2. The van der Waals surface area contributed by atoms with Gasteiger partial charge in [0.15, 0.2) is 11.5 Å². The standard InChI is InChI=1S/C8H10O3/c1-5-6(9)3-4-7(11-2)8(5)10/h3-4,9-10H,1-2H3. The van der Waals surface area contributed by atoms with Gasteiger partial charge in [0.1, 0.15) is 5.75 Å². The molecule has 0 spiro atoms. The fourth-order valence-corrected chi connectivity index (χ4v) is 0.829. The van der Waals surface area contributed by atoms with E-state index in [-0.39, 0.29) is 11.5 Å². The van der Waals surface area contributed by atoms with Crippen LogP contribution < -0.4 is 4.74 Å². The van der Waals surface area contributed by atoms with Gasteiger partial charge in [-0.2, -0.15) is 0 Å². The Balaban J connectivity index is 3.25. The van der Waals surface area contributed by atoms with Gasteiger partial charge in [-0.1, -0.05) is 0 Å². The van der Waals surface area contributed by atoms with Gasteiger partial charge in [0.25, 0.3) is 0 Å². The van der Waals surface area contributed by atoms with E-state index in [9.17, 15) is 5.11 Å². The van der Waals surface area contributed by atoms with Crippen molar-refractivity contribution in [3.8, 4) is 17.2 Å². The van der Waals surface area contributed by atoms with Crippen LogP contribution in [0.3, 0.4) is 0 Å². The number of methoxy groups -OCH3 is 1. The van der Waals surface area contributed by atoms with Gasteiger partial charge in [0.2, 0.25) is 0 Å². The molecule has 0 fully saturated rings. The molecule has 0 saturated carbocycles. The summed E-state index contributed by atoms with van der Waals surface area (Å²) >= 11 is 0. The molecular formula is C8H10O3. The minimum Gasteiger partial charge on any atom is -0.508 e. The third-order valence-corrected chi connectivity index (χ3v) is 1.59. The summed E-state index contributed by atoms with van der Waals surface area (Å²) in [6.07, 6.45) is 0. The Labute approximate surface area is 64.9 Å². The molecule has 0 unspecified atom stereocenters. The Morgan fingerprint density at radius 3 is 2.45 bits per heavy atom. The number of hydrogen-bond donors (Lipinski definition) is 2. The monoisotopic (exact) mass is 154 g/mol. The highest BCUT2D eigenvalue weighted by atomic mass is 16.5. The molecule has 0 radical (unpaired) electrons. The second-order valence-corrected chi connectivity index (χ2v) is 2.26. The van der Waals surface area contributed by atoms with Gasteiger partial charge in [-0.25, -0.2) is 0 Å². The number of phenols is 2. The summed E-state index contributed by atoms with van der Waals surface area (Å²) in [5.74, 6) is 0.441. The van der Waals surface area contributed by atoms with Crippen LogP contribution in [0.5, 0.6) is 17.2 Å². The zero-order valence-corrected chi connectivity index (χ0v) is 6.46. The maximum atomic E-state index is 9.29. The average molecular weight is 154 g/mol. The van der Waals surface area contributed by atoms with Gasteiger partial charge < -0.3 is 14.9 Å². The lowest BCUT2D eigenvalue weighted by atomic mass is 10.2. The molecule has 0 atom stereocenters. The molecule has 60 valence electrons. The third-order valence-electron chi connectivity index (χ3n) is 1.59. The van der Waals surface area contributed by atoms with Crippen molar-refractivity contribution >= 4 is 0 Å². The van der Waals surface area contributed by atoms with Crippen LogP contribution in [0, 0.1) is 6.92 Å². The van der Waals surface area contributed by atoms with E-state index < -0.39 is 0 Å². The summed E-state index contributed by atoms with van der Waals surface area (Å²) in [7, 11) is 1.46. The van der Waals surface area contributed by atoms with Crippen LogP contribution in [0.25, 0.3) is 0 Å². The van der Waals surface area contributed by atoms with E-state index in [4.69, 9.17) is 9.84 Å². The molecule has 0 aliphatic rings. The first-order valence-electron chi connectivity index (χ1n) is 3.22. The molecule has 3 heteroatoms. The van der Waals surface area contributed by atoms with Crippen LogP contribution in [0.15, 0.2) is 12.1 Å². The van der Waals surface area contributed by atoms with E-state index in [1.54, 1.807) is 6.92 Å². The number of benzene rings is 1. The maximum Gasteiger partial charge on any atom is 0.164 e. The van der Waals surface area contributed by atoms with Crippen molar-refractivity contribution in [2.75, 3.05) is 7.11 Å². The average Bonchev–Trinajstić information content (AvgIpc) is 2.01. The van der Waals surface area contributed by atoms with Crippen molar-refractivity contribution in [2.45, 2.75) is 6.92 Å². The van der Waals surface area contributed by atoms with Crippen LogP contribution in [0.2, 0.25) is 0 Å². The van der Waals surface area contributed by atoms with Crippen molar-refractivity contribution in [3.05, 3.63) is 17.7 Å². The lowest BCUT2D eigenvalue weighted by molar-refractivity contribution is 0.367. The van der Waals surface area contributed by atoms with Crippen molar-refractivity contribution in [3.63, 3.8) is 0 Å². The van der Waals surface area contributed by atoms with Crippen LogP contribution in [-0.4, -0.2) is 17.3 Å². The highest BCUT2D eigenvalue weighted by Crippen LogP contribution is 2.34. The molecular weight excluding hydrogens is 144 g/mol. The van der Waals surface area contributed by atoms with Gasteiger partial charge in [0.05, 0.1) is 7.11 Å². The fraction of sp³-hybridized carbons (Fsp3) is 0.250. The lowest BCUT2D eigenvalue weighted by Crippen LogP contribution is -1.85. The summed E-state index contributed by atoms with van der Waals surface area (Å²) < 4.78 is 4.82. The summed E-state index contributed by atoms with van der Waals surface area (Å²) in [5, 5.41) is 18.4. The first kappa shape index (κ1) is 7.72. The molecule has 2 N–H and O–H groups in total. The van der Waals surface area contributed by atoms with Crippen LogP contribution >= 0.6 is 0 Å². The third kappa shape index (κ3) is 1.22. The maximum absolute atomic E-state index is 9.29. The van der Waals surface area contributed by atoms with E-state index in [0.29, 0.717) is 11.3 Å². The first-order chi connectivity index (χ1) is 5.16. The molecule has 0 aromatic heterocycles. The summed E-state index contributed by atoms with van der Waals surface area (Å²) in [6, 6.07) is 2.99. The second kappa shape index (κ2) is 2.70. The second-order valence-electron chi connectivity index (χ2n) is 2.26. The molecule has 3 nitrogen and oxygen atoms in total. The van der Waals surface area contributed by atoms with E-state index in [2.05, 4.69) is 0 Å². The van der Waals surface area contributed by atoms with Crippen LogP contribution in [0.1, 0.15) is 5.56 Å². The molecule has 0 bridgehead atoms. The molecule has 0 saturated heterocycles. The minimum atomic E-state index is -0.00694. The summed E-state index contributed by atoms with van der Waals surface area (Å²) in [4.78, 5) is 0. The van der Waals surface area contributed by atoms with Crippen molar-refractivity contribution in [2.24, 2.45) is 0 Å². The predicted molar refractivity (Wildman–Crippen MR) is 41.1 cm³/mol. The van der Waals surface area contributed by atoms with Crippen molar-refractivity contribution in [1.29, 1.82) is 0 Å². The first-order valence-corrected chi connectivity index (χ1v) is 3.22. The van der Waals surface area contributed by atoms with Crippen molar-refractivity contribution in [1.82, 2.24) is 0 Å². The normalized spacial score (nSPS) is 9.64. The summed E-state index contributed by atoms with van der Waals surface area (Å²) in [5.41, 5.74) is 0.435. The van der Waals surface area contributed by atoms with Crippen LogP contribution in [0.4, 0.5) is 0 Å². The van der Waals surface area contributed by atoms with Gasteiger partial charge in [0, 0.05) is 5.56 Å². The molecule has 1 aromatic carbocycles. The minimum absolute atomic E-state index is 0.00694. The number of rotatable bonds is 1. The smallest absolute Gasteiger partial charge is 0.164 e. The van der Waals surface area contributed by atoms with E-state index >= 15 is 0 Å². The molecule has 0 aliphatic heterocycles. The van der Waals surface area contributed by atoms with Crippen molar-refractivity contribution < 1.29 is 14.9 Å². The van der Waals surface area contributed by atoms with Gasteiger partial charge >= 0.3 is 0 Å². The number of phenolic OH excluding ortho intramolecular Hbond substituents is 2. The quantitative estimate of drug-likeness (QED) is 0.643. The largest absolute Gasteiger partial charge is 0.508 e. The molecule has 0 amide bonds.